The highest BCUT2D eigenvalue weighted by Crippen LogP contribution is 2.41. The van der Waals surface area contributed by atoms with Gasteiger partial charge < -0.3 is 5.32 Å². The zero-order valence-corrected chi connectivity index (χ0v) is 15.0. The highest BCUT2D eigenvalue weighted by atomic mass is 15.0. The van der Waals surface area contributed by atoms with Crippen molar-refractivity contribution >= 4 is 0 Å². The molecule has 2 rings (SSSR count). The second kappa shape index (κ2) is 5.76. The largest absolute Gasteiger partial charge is 0.307 e. The highest BCUT2D eigenvalue weighted by molar-refractivity contribution is 5.29. The Morgan fingerprint density at radius 2 is 1.67 bits per heavy atom. The van der Waals surface area contributed by atoms with Crippen LogP contribution >= 0.6 is 0 Å². The van der Waals surface area contributed by atoms with Crippen LogP contribution in [0.3, 0.4) is 0 Å². The SMILES string of the molecule is CC(NC1CC(C)(C)CC1C)c1ccc(C(C)(C)C)cc1. The van der Waals surface area contributed by atoms with Gasteiger partial charge in [-0.3, -0.25) is 0 Å². The lowest BCUT2D eigenvalue weighted by Crippen LogP contribution is -2.33. The summed E-state index contributed by atoms with van der Waals surface area (Å²) in [6.45, 7) is 16.3. The molecule has 1 aliphatic carbocycles. The standard InChI is InChI=1S/C20H33N/c1-14-12-20(6,7)13-18(14)21-15(2)16-8-10-17(11-9-16)19(3,4)5/h8-11,14-15,18,21H,12-13H2,1-7H3. The molecule has 0 heterocycles. The number of benzene rings is 1. The zero-order chi connectivity index (χ0) is 15.8. The van der Waals surface area contributed by atoms with Crippen molar-refractivity contribution in [3.63, 3.8) is 0 Å². The van der Waals surface area contributed by atoms with Gasteiger partial charge in [0.2, 0.25) is 0 Å². The lowest BCUT2D eigenvalue weighted by molar-refractivity contribution is 0.356. The van der Waals surface area contributed by atoms with Crippen LogP contribution in [0.25, 0.3) is 0 Å². The second-order valence-electron chi connectivity index (χ2n) is 8.92. The molecule has 1 saturated carbocycles. The molecule has 1 aromatic rings. The Labute approximate surface area is 131 Å². The normalized spacial score (nSPS) is 26.8. The maximum atomic E-state index is 3.86. The van der Waals surface area contributed by atoms with Gasteiger partial charge in [0.1, 0.15) is 0 Å². The zero-order valence-electron chi connectivity index (χ0n) is 15.0. The molecule has 0 bridgehead atoms. The van der Waals surface area contributed by atoms with Crippen LogP contribution in [0.2, 0.25) is 0 Å². The van der Waals surface area contributed by atoms with Gasteiger partial charge in [-0.2, -0.15) is 0 Å². The van der Waals surface area contributed by atoms with Crippen molar-refractivity contribution in [1.29, 1.82) is 0 Å². The molecule has 0 saturated heterocycles. The summed E-state index contributed by atoms with van der Waals surface area (Å²) in [7, 11) is 0. The molecule has 0 aromatic heterocycles. The van der Waals surface area contributed by atoms with E-state index >= 15 is 0 Å². The van der Waals surface area contributed by atoms with E-state index in [9.17, 15) is 0 Å². The fraction of sp³-hybridized carbons (Fsp3) is 0.700. The highest BCUT2D eigenvalue weighted by Gasteiger charge is 2.37. The summed E-state index contributed by atoms with van der Waals surface area (Å²) in [4.78, 5) is 0. The van der Waals surface area contributed by atoms with Gasteiger partial charge in [0.05, 0.1) is 0 Å². The molecule has 1 N–H and O–H groups in total. The van der Waals surface area contributed by atoms with E-state index in [1.54, 1.807) is 0 Å². The van der Waals surface area contributed by atoms with Crippen molar-refractivity contribution in [2.45, 2.75) is 78.8 Å². The molecule has 21 heavy (non-hydrogen) atoms. The van der Waals surface area contributed by atoms with Crippen molar-refractivity contribution in [3.05, 3.63) is 35.4 Å². The van der Waals surface area contributed by atoms with Crippen LogP contribution in [0.1, 0.15) is 78.5 Å². The van der Waals surface area contributed by atoms with E-state index in [1.165, 1.54) is 24.0 Å². The van der Waals surface area contributed by atoms with Crippen LogP contribution in [-0.2, 0) is 5.41 Å². The van der Waals surface area contributed by atoms with Crippen molar-refractivity contribution in [1.82, 2.24) is 5.32 Å². The molecule has 0 amide bonds. The van der Waals surface area contributed by atoms with Gasteiger partial charge in [0.15, 0.2) is 0 Å². The Bertz CT molecular complexity index is 464. The molecule has 0 radical (unpaired) electrons. The summed E-state index contributed by atoms with van der Waals surface area (Å²) in [5.41, 5.74) is 3.54. The van der Waals surface area contributed by atoms with Gasteiger partial charge in [0, 0.05) is 12.1 Å². The third kappa shape index (κ3) is 4.10. The van der Waals surface area contributed by atoms with Crippen LogP contribution in [0.4, 0.5) is 0 Å². The van der Waals surface area contributed by atoms with Crippen molar-refractivity contribution < 1.29 is 0 Å². The number of hydrogen-bond donors (Lipinski definition) is 1. The van der Waals surface area contributed by atoms with Crippen molar-refractivity contribution in [2.75, 3.05) is 0 Å². The van der Waals surface area contributed by atoms with Gasteiger partial charge >= 0.3 is 0 Å². The third-order valence-electron chi connectivity index (χ3n) is 5.07. The Kier molecular flexibility index (Phi) is 4.54. The molecule has 0 spiro atoms. The summed E-state index contributed by atoms with van der Waals surface area (Å²) in [5, 5.41) is 3.86. The van der Waals surface area contributed by atoms with Gasteiger partial charge in [-0.25, -0.2) is 0 Å². The minimum Gasteiger partial charge on any atom is -0.307 e. The topological polar surface area (TPSA) is 12.0 Å². The molecule has 1 fully saturated rings. The molecule has 118 valence electrons. The van der Waals surface area contributed by atoms with E-state index in [1.807, 2.05) is 0 Å². The monoisotopic (exact) mass is 287 g/mol. The van der Waals surface area contributed by atoms with Crippen LogP contribution < -0.4 is 5.32 Å². The lowest BCUT2D eigenvalue weighted by atomic mass is 9.86. The fourth-order valence-corrected chi connectivity index (χ4v) is 3.81. The van der Waals surface area contributed by atoms with E-state index in [-0.39, 0.29) is 5.41 Å². The average molecular weight is 287 g/mol. The smallest absolute Gasteiger partial charge is 0.0294 e. The van der Waals surface area contributed by atoms with Crippen LogP contribution in [0, 0.1) is 11.3 Å². The summed E-state index contributed by atoms with van der Waals surface area (Å²) in [6.07, 6.45) is 2.62. The van der Waals surface area contributed by atoms with Crippen molar-refractivity contribution in [3.8, 4) is 0 Å². The summed E-state index contributed by atoms with van der Waals surface area (Å²) >= 11 is 0. The molecule has 3 atom stereocenters. The lowest BCUT2D eigenvalue weighted by Gasteiger charge is -2.25. The number of nitrogens with one attached hydrogen (secondary N) is 1. The van der Waals surface area contributed by atoms with E-state index in [0.717, 1.165) is 5.92 Å². The Morgan fingerprint density at radius 3 is 2.10 bits per heavy atom. The van der Waals surface area contributed by atoms with E-state index in [0.29, 0.717) is 17.5 Å². The van der Waals surface area contributed by atoms with Crippen LogP contribution in [0.5, 0.6) is 0 Å². The molecular formula is C20H33N. The first kappa shape index (κ1) is 16.5. The molecule has 1 aromatic carbocycles. The van der Waals surface area contributed by atoms with Gasteiger partial charge in [0.25, 0.3) is 0 Å². The second-order valence-corrected chi connectivity index (χ2v) is 8.92. The number of rotatable bonds is 3. The summed E-state index contributed by atoms with van der Waals surface area (Å²) in [5.74, 6) is 0.774. The minimum absolute atomic E-state index is 0.235. The third-order valence-corrected chi connectivity index (χ3v) is 5.07. The molecule has 1 aliphatic rings. The fourth-order valence-electron chi connectivity index (χ4n) is 3.81. The predicted octanol–water partition coefficient (Wildman–Crippen LogP) is 5.46. The maximum absolute atomic E-state index is 3.86. The quantitative estimate of drug-likeness (QED) is 0.778. The Balaban J connectivity index is 2.02. The first-order valence-corrected chi connectivity index (χ1v) is 8.45. The Hall–Kier alpha value is -0.820. The first-order valence-electron chi connectivity index (χ1n) is 8.45. The van der Waals surface area contributed by atoms with Gasteiger partial charge in [-0.05, 0) is 47.6 Å². The minimum atomic E-state index is 0.235. The molecule has 0 aliphatic heterocycles. The van der Waals surface area contributed by atoms with E-state index in [4.69, 9.17) is 0 Å². The average Bonchev–Trinajstić information content (AvgIpc) is 2.61. The summed E-state index contributed by atoms with van der Waals surface area (Å²) in [6, 6.07) is 10.2. The molecular weight excluding hydrogens is 254 g/mol. The van der Waals surface area contributed by atoms with Gasteiger partial charge in [-0.15, -0.1) is 0 Å². The first-order chi connectivity index (χ1) is 9.58. The van der Waals surface area contributed by atoms with Crippen molar-refractivity contribution in [2.24, 2.45) is 11.3 Å². The van der Waals surface area contributed by atoms with Gasteiger partial charge in [-0.1, -0.05) is 65.8 Å². The predicted molar refractivity (Wildman–Crippen MR) is 92.7 cm³/mol. The Morgan fingerprint density at radius 1 is 1.10 bits per heavy atom. The summed E-state index contributed by atoms with van der Waals surface area (Å²) < 4.78 is 0. The van der Waals surface area contributed by atoms with E-state index < -0.39 is 0 Å². The molecule has 1 heteroatoms. The number of hydrogen-bond acceptors (Lipinski definition) is 1. The molecule has 3 unspecified atom stereocenters. The maximum Gasteiger partial charge on any atom is 0.0294 e. The molecule has 1 nitrogen and oxygen atoms in total. The van der Waals surface area contributed by atoms with E-state index in [2.05, 4.69) is 78.0 Å². The van der Waals surface area contributed by atoms with Crippen LogP contribution in [-0.4, -0.2) is 6.04 Å². The van der Waals surface area contributed by atoms with Crippen LogP contribution in [0.15, 0.2) is 24.3 Å².